The van der Waals surface area contributed by atoms with Gasteiger partial charge in [-0.15, -0.1) is 0 Å². The number of benzene rings is 1. The Hall–Kier alpha value is -1.16. The molecule has 0 aromatic heterocycles. The average molecular weight is 282 g/mol. The van der Waals surface area contributed by atoms with Crippen molar-refractivity contribution in [1.82, 2.24) is 0 Å². The molecule has 1 atom stereocenters. The van der Waals surface area contributed by atoms with Crippen molar-refractivity contribution < 1.29 is 14.1 Å². The Labute approximate surface area is 119 Å². The molecule has 3 nitrogen and oxygen atoms in total. The molecule has 4 heteroatoms. The highest BCUT2D eigenvalue weighted by Crippen LogP contribution is 2.25. The van der Waals surface area contributed by atoms with E-state index in [1.165, 1.54) is 31.3 Å². The molecule has 0 aliphatic carbocycles. The lowest BCUT2D eigenvalue weighted by Gasteiger charge is -2.14. The standard InChI is InChI=1S/C15H22O3S/c1-3-5-8-12(4-2)11-19-18-14-10-7-6-9-13(14)15(16)17/h6-7,9-10,12H,3-5,8,11H2,1-2H3,(H,16,17). The number of para-hydroxylation sites is 1. The fraction of sp³-hybridized carbons (Fsp3) is 0.533. The summed E-state index contributed by atoms with van der Waals surface area (Å²) in [4.78, 5) is 11.0. The maximum atomic E-state index is 11.0. The van der Waals surface area contributed by atoms with Crippen molar-refractivity contribution in [2.45, 2.75) is 39.5 Å². The number of aromatic carboxylic acids is 1. The molecule has 1 aromatic rings. The minimum absolute atomic E-state index is 0.219. The largest absolute Gasteiger partial charge is 0.478 e. The minimum Gasteiger partial charge on any atom is -0.478 e. The van der Waals surface area contributed by atoms with Crippen LogP contribution in [0.25, 0.3) is 0 Å². The van der Waals surface area contributed by atoms with E-state index in [1.807, 2.05) is 0 Å². The zero-order chi connectivity index (χ0) is 14.1. The van der Waals surface area contributed by atoms with E-state index in [1.54, 1.807) is 24.3 Å². The monoisotopic (exact) mass is 282 g/mol. The van der Waals surface area contributed by atoms with E-state index in [0.717, 1.165) is 12.2 Å². The summed E-state index contributed by atoms with van der Waals surface area (Å²) in [6, 6.07) is 6.75. The van der Waals surface area contributed by atoms with Crippen LogP contribution in [0.2, 0.25) is 0 Å². The molecule has 1 rings (SSSR count). The molecule has 1 aromatic carbocycles. The van der Waals surface area contributed by atoms with E-state index in [0.29, 0.717) is 11.7 Å². The molecular formula is C15H22O3S. The number of carboxylic acid groups (broad SMARTS) is 1. The van der Waals surface area contributed by atoms with Gasteiger partial charge in [0.2, 0.25) is 0 Å². The van der Waals surface area contributed by atoms with Gasteiger partial charge in [0.25, 0.3) is 0 Å². The fourth-order valence-corrected chi connectivity index (χ4v) is 2.74. The molecule has 0 spiro atoms. The number of hydrogen-bond acceptors (Lipinski definition) is 3. The lowest BCUT2D eigenvalue weighted by molar-refractivity contribution is 0.0695. The molecule has 106 valence electrons. The van der Waals surface area contributed by atoms with Gasteiger partial charge in [0.15, 0.2) is 5.75 Å². The van der Waals surface area contributed by atoms with E-state index >= 15 is 0 Å². The van der Waals surface area contributed by atoms with Gasteiger partial charge in [-0.1, -0.05) is 45.2 Å². The smallest absolute Gasteiger partial charge is 0.339 e. The highest BCUT2D eigenvalue weighted by atomic mass is 32.2. The van der Waals surface area contributed by atoms with Gasteiger partial charge < -0.3 is 9.29 Å². The van der Waals surface area contributed by atoms with E-state index in [-0.39, 0.29) is 5.56 Å². The number of carboxylic acids is 1. The fourth-order valence-electron chi connectivity index (χ4n) is 1.81. The van der Waals surface area contributed by atoms with Crippen LogP contribution < -0.4 is 4.18 Å². The summed E-state index contributed by atoms with van der Waals surface area (Å²) in [5.74, 6) is 1.03. The van der Waals surface area contributed by atoms with E-state index < -0.39 is 5.97 Å². The van der Waals surface area contributed by atoms with Crippen molar-refractivity contribution in [1.29, 1.82) is 0 Å². The molecule has 0 amide bonds. The highest BCUT2D eigenvalue weighted by Gasteiger charge is 2.12. The predicted octanol–water partition coefficient (Wildman–Crippen LogP) is 4.63. The summed E-state index contributed by atoms with van der Waals surface area (Å²) in [7, 11) is 0. The molecule has 19 heavy (non-hydrogen) atoms. The van der Waals surface area contributed by atoms with Gasteiger partial charge in [-0.05, 0) is 24.5 Å². The topological polar surface area (TPSA) is 46.5 Å². The Kier molecular flexibility index (Phi) is 7.41. The lowest BCUT2D eigenvalue weighted by atomic mass is 10.0. The van der Waals surface area contributed by atoms with E-state index in [2.05, 4.69) is 13.8 Å². The number of carbonyl (C=O) groups is 1. The van der Waals surface area contributed by atoms with E-state index in [9.17, 15) is 4.79 Å². The third kappa shape index (κ3) is 5.55. The second-order valence-corrected chi connectivity index (χ2v) is 5.32. The van der Waals surface area contributed by atoms with Crippen LogP contribution in [0.1, 0.15) is 49.9 Å². The van der Waals surface area contributed by atoms with E-state index in [4.69, 9.17) is 9.29 Å². The first-order chi connectivity index (χ1) is 9.19. The minimum atomic E-state index is -0.950. The molecule has 1 unspecified atom stereocenters. The molecule has 0 heterocycles. The Bertz CT molecular complexity index is 393. The van der Waals surface area contributed by atoms with Gasteiger partial charge in [0.1, 0.15) is 5.56 Å². The Morgan fingerprint density at radius 1 is 1.37 bits per heavy atom. The first-order valence-corrected chi connectivity index (χ1v) is 7.71. The molecule has 0 fully saturated rings. The first-order valence-electron chi connectivity index (χ1n) is 6.80. The third-order valence-corrected chi connectivity index (χ3v) is 4.02. The van der Waals surface area contributed by atoms with Crippen LogP contribution in [0.4, 0.5) is 0 Å². The number of unbranched alkanes of at least 4 members (excludes halogenated alkanes) is 1. The van der Waals surface area contributed by atoms with Crippen LogP contribution in [0.15, 0.2) is 24.3 Å². The van der Waals surface area contributed by atoms with Gasteiger partial charge in [-0.25, -0.2) is 4.79 Å². The van der Waals surface area contributed by atoms with Gasteiger partial charge in [-0.2, -0.15) is 0 Å². The molecule has 0 radical (unpaired) electrons. The van der Waals surface area contributed by atoms with Crippen molar-refractivity contribution in [3.05, 3.63) is 29.8 Å². The Morgan fingerprint density at radius 2 is 2.11 bits per heavy atom. The summed E-state index contributed by atoms with van der Waals surface area (Å²) in [5, 5.41) is 9.05. The van der Waals surface area contributed by atoms with Crippen LogP contribution in [0.3, 0.4) is 0 Å². The molecule has 0 bridgehead atoms. The van der Waals surface area contributed by atoms with Crippen LogP contribution in [0, 0.1) is 5.92 Å². The molecule has 0 aliphatic rings. The van der Waals surface area contributed by atoms with Crippen LogP contribution in [-0.4, -0.2) is 16.8 Å². The molecule has 0 saturated carbocycles. The van der Waals surface area contributed by atoms with Crippen LogP contribution in [0.5, 0.6) is 5.75 Å². The summed E-state index contributed by atoms with van der Waals surface area (Å²) >= 11 is 1.36. The highest BCUT2D eigenvalue weighted by molar-refractivity contribution is 7.95. The summed E-state index contributed by atoms with van der Waals surface area (Å²) in [6.45, 7) is 4.38. The van der Waals surface area contributed by atoms with Crippen LogP contribution in [-0.2, 0) is 0 Å². The maximum absolute atomic E-state index is 11.0. The van der Waals surface area contributed by atoms with Crippen molar-refractivity contribution in [2.75, 3.05) is 5.75 Å². The third-order valence-electron chi connectivity index (χ3n) is 3.11. The van der Waals surface area contributed by atoms with Gasteiger partial charge in [-0.3, -0.25) is 0 Å². The van der Waals surface area contributed by atoms with Crippen molar-refractivity contribution >= 4 is 18.0 Å². The quantitative estimate of drug-likeness (QED) is 0.671. The molecule has 1 N–H and O–H groups in total. The average Bonchev–Trinajstić information content (AvgIpc) is 2.43. The number of rotatable bonds is 9. The van der Waals surface area contributed by atoms with Crippen LogP contribution >= 0.6 is 12.0 Å². The summed E-state index contributed by atoms with van der Waals surface area (Å²) < 4.78 is 5.55. The second kappa shape index (κ2) is 8.86. The maximum Gasteiger partial charge on any atom is 0.339 e. The van der Waals surface area contributed by atoms with Crippen molar-refractivity contribution in [2.24, 2.45) is 5.92 Å². The van der Waals surface area contributed by atoms with Crippen molar-refractivity contribution in [3.63, 3.8) is 0 Å². The first kappa shape index (κ1) is 15.9. The zero-order valence-corrected chi connectivity index (χ0v) is 12.4. The zero-order valence-electron chi connectivity index (χ0n) is 11.6. The molecular weight excluding hydrogens is 260 g/mol. The van der Waals surface area contributed by atoms with Gasteiger partial charge >= 0.3 is 5.97 Å². The number of hydrogen-bond donors (Lipinski definition) is 1. The summed E-state index contributed by atoms with van der Waals surface area (Å²) in [5.41, 5.74) is 0.219. The second-order valence-electron chi connectivity index (χ2n) is 4.59. The Morgan fingerprint density at radius 3 is 2.74 bits per heavy atom. The van der Waals surface area contributed by atoms with Crippen molar-refractivity contribution in [3.8, 4) is 5.75 Å². The lowest BCUT2D eigenvalue weighted by Crippen LogP contribution is -2.05. The SMILES string of the molecule is CCCCC(CC)CSOc1ccccc1C(=O)O. The Balaban J connectivity index is 2.46. The van der Waals surface area contributed by atoms with Gasteiger partial charge in [0, 0.05) is 5.75 Å². The molecule has 0 saturated heterocycles. The van der Waals surface area contributed by atoms with Gasteiger partial charge in [0.05, 0.1) is 12.0 Å². The summed E-state index contributed by atoms with van der Waals surface area (Å²) in [6.07, 6.45) is 4.80. The predicted molar refractivity (Wildman–Crippen MR) is 79.8 cm³/mol. The normalized spacial score (nSPS) is 12.1. The molecule has 0 aliphatic heterocycles.